The minimum Gasteiger partial charge on any atom is -0.467 e. The standard InChI is InChI=1S/C18H26O6/c1-4-5-6-7-8-9-13-10-12-11-14(19)24-15(12)17(2,21)18(13,22)16(20)23-3/h10-11,15,21-22H,4-9H2,1-3H3. The number of hydrogen-bond donors (Lipinski definition) is 2. The van der Waals surface area contributed by atoms with Crippen LogP contribution < -0.4 is 0 Å². The Morgan fingerprint density at radius 3 is 2.54 bits per heavy atom. The third-order valence-electron chi connectivity index (χ3n) is 4.90. The molecule has 0 amide bonds. The van der Waals surface area contributed by atoms with E-state index in [1.165, 1.54) is 13.0 Å². The van der Waals surface area contributed by atoms with Gasteiger partial charge in [-0.05, 0) is 25.3 Å². The predicted molar refractivity (Wildman–Crippen MR) is 87.0 cm³/mol. The molecule has 2 rings (SSSR count). The Kier molecular flexibility index (Phi) is 5.50. The Morgan fingerprint density at radius 2 is 1.92 bits per heavy atom. The molecule has 3 unspecified atom stereocenters. The van der Waals surface area contributed by atoms with E-state index < -0.39 is 29.2 Å². The van der Waals surface area contributed by atoms with E-state index >= 15 is 0 Å². The molecular formula is C18H26O6. The molecule has 0 aromatic heterocycles. The number of fused-ring (bicyclic) bond motifs is 1. The van der Waals surface area contributed by atoms with Crippen LogP contribution in [-0.4, -0.2) is 46.6 Å². The lowest BCUT2D eigenvalue weighted by Crippen LogP contribution is -2.67. The second kappa shape index (κ2) is 7.07. The maximum absolute atomic E-state index is 12.3. The van der Waals surface area contributed by atoms with Gasteiger partial charge in [0, 0.05) is 11.6 Å². The molecule has 0 aromatic rings. The summed E-state index contributed by atoms with van der Waals surface area (Å²) in [5.41, 5.74) is -3.40. The molecule has 0 saturated heterocycles. The lowest BCUT2D eigenvalue weighted by atomic mass is 9.67. The maximum Gasteiger partial charge on any atom is 0.345 e. The first-order valence-corrected chi connectivity index (χ1v) is 8.45. The molecule has 2 N–H and O–H groups in total. The summed E-state index contributed by atoms with van der Waals surface area (Å²) in [7, 11) is 1.15. The fourth-order valence-corrected chi connectivity index (χ4v) is 3.46. The predicted octanol–water partition coefficient (Wildman–Crippen LogP) is 1.79. The molecule has 1 aliphatic heterocycles. The van der Waals surface area contributed by atoms with E-state index in [1.54, 1.807) is 6.08 Å². The molecule has 134 valence electrons. The molecule has 0 saturated carbocycles. The van der Waals surface area contributed by atoms with Crippen LogP contribution in [0.5, 0.6) is 0 Å². The zero-order chi connectivity index (χ0) is 18.0. The highest BCUT2D eigenvalue weighted by molar-refractivity contribution is 5.91. The Hall–Kier alpha value is -1.66. The molecule has 0 radical (unpaired) electrons. The zero-order valence-electron chi connectivity index (χ0n) is 14.5. The van der Waals surface area contributed by atoms with Crippen molar-refractivity contribution < 1.29 is 29.3 Å². The zero-order valence-corrected chi connectivity index (χ0v) is 14.5. The Balaban J connectivity index is 2.31. The number of rotatable bonds is 7. The minimum absolute atomic E-state index is 0.358. The van der Waals surface area contributed by atoms with Crippen molar-refractivity contribution in [2.24, 2.45) is 0 Å². The van der Waals surface area contributed by atoms with Crippen molar-refractivity contribution in [2.75, 3.05) is 7.11 Å². The Morgan fingerprint density at radius 1 is 1.25 bits per heavy atom. The van der Waals surface area contributed by atoms with Gasteiger partial charge in [0.05, 0.1) is 7.11 Å². The van der Waals surface area contributed by atoms with Crippen molar-refractivity contribution in [1.29, 1.82) is 0 Å². The number of carbonyl (C=O) groups excluding carboxylic acids is 2. The molecule has 6 heteroatoms. The third-order valence-corrected chi connectivity index (χ3v) is 4.90. The highest BCUT2D eigenvalue weighted by atomic mass is 16.6. The number of esters is 2. The van der Waals surface area contributed by atoms with Crippen LogP contribution in [0.3, 0.4) is 0 Å². The number of unbranched alkanes of at least 4 members (excludes halogenated alkanes) is 4. The minimum atomic E-state index is -2.24. The van der Waals surface area contributed by atoms with Crippen LogP contribution in [0.2, 0.25) is 0 Å². The van der Waals surface area contributed by atoms with Gasteiger partial charge in [-0.1, -0.05) is 38.7 Å². The molecule has 1 heterocycles. The van der Waals surface area contributed by atoms with Crippen LogP contribution in [0, 0.1) is 0 Å². The van der Waals surface area contributed by atoms with Gasteiger partial charge in [0.1, 0.15) is 5.60 Å². The first kappa shape index (κ1) is 18.7. The van der Waals surface area contributed by atoms with E-state index in [1.807, 2.05) is 0 Å². The fraction of sp³-hybridized carbons (Fsp3) is 0.667. The van der Waals surface area contributed by atoms with Gasteiger partial charge in [0.2, 0.25) is 5.60 Å². The van der Waals surface area contributed by atoms with E-state index in [-0.39, 0.29) is 0 Å². The van der Waals surface area contributed by atoms with Crippen LogP contribution >= 0.6 is 0 Å². The Bertz CT molecular complexity index is 574. The smallest absolute Gasteiger partial charge is 0.345 e. The van der Waals surface area contributed by atoms with Gasteiger partial charge < -0.3 is 19.7 Å². The summed E-state index contributed by atoms with van der Waals surface area (Å²) in [4.78, 5) is 23.8. The van der Waals surface area contributed by atoms with Gasteiger partial charge in [0.25, 0.3) is 0 Å². The molecule has 6 nitrogen and oxygen atoms in total. The van der Waals surface area contributed by atoms with Gasteiger partial charge in [-0.3, -0.25) is 0 Å². The van der Waals surface area contributed by atoms with E-state index in [4.69, 9.17) is 9.47 Å². The average molecular weight is 338 g/mol. The van der Waals surface area contributed by atoms with Gasteiger partial charge in [-0.15, -0.1) is 0 Å². The van der Waals surface area contributed by atoms with E-state index in [9.17, 15) is 19.8 Å². The topological polar surface area (TPSA) is 93.1 Å². The van der Waals surface area contributed by atoms with Crippen molar-refractivity contribution in [3.05, 3.63) is 23.3 Å². The summed E-state index contributed by atoms with van der Waals surface area (Å²) in [5.74, 6) is -1.54. The second-order valence-electron chi connectivity index (χ2n) is 6.64. The number of hydrogen-bond acceptors (Lipinski definition) is 6. The van der Waals surface area contributed by atoms with Crippen LogP contribution in [0.15, 0.2) is 23.3 Å². The van der Waals surface area contributed by atoms with Crippen LogP contribution in [-0.2, 0) is 19.1 Å². The molecule has 0 aromatic carbocycles. The average Bonchev–Trinajstić information content (AvgIpc) is 2.92. The molecule has 0 bridgehead atoms. The summed E-state index contributed by atoms with van der Waals surface area (Å²) < 4.78 is 9.81. The maximum atomic E-state index is 12.3. The first-order chi connectivity index (χ1) is 11.3. The number of aliphatic hydroxyl groups is 2. The van der Waals surface area contributed by atoms with Gasteiger partial charge in [-0.2, -0.15) is 0 Å². The van der Waals surface area contributed by atoms with Crippen LogP contribution in [0.25, 0.3) is 0 Å². The summed E-state index contributed by atoms with van der Waals surface area (Å²) in [5, 5.41) is 21.9. The summed E-state index contributed by atoms with van der Waals surface area (Å²) >= 11 is 0. The molecule has 0 spiro atoms. The van der Waals surface area contributed by atoms with Crippen LogP contribution in [0.1, 0.15) is 52.4 Å². The monoisotopic (exact) mass is 338 g/mol. The Labute approximate surface area is 142 Å². The quantitative estimate of drug-likeness (QED) is 0.543. The highest BCUT2D eigenvalue weighted by Gasteiger charge is 2.64. The van der Waals surface area contributed by atoms with Crippen LogP contribution in [0.4, 0.5) is 0 Å². The number of carbonyl (C=O) groups is 2. The summed E-state index contributed by atoms with van der Waals surface area (Å²) in [6, 6.07) is 0. The molecule has 0 fully saturated rings. The van der Waals surface area contributed by atoms with E-state index in [0.29, 0.717) is 17.6 Å². The van der Waals surface area contributed by atoms with Crippen molar-refractivity contribution in [3.8, 4) is 0 Å². The highest BCUT2D eigenvalue weighted by Crippen LogP contribution is 2.46. The van der Waals surface area contributed by atoms with E-state index in [0.717, 1.165) is 39.2 Å². The SMILES string of the molecule is CCCCCCCC1=CC2=CC(=O)OC2C(C)(O)C1(O)C(=O)OC. The fourth-order valence-electron chi connectivity index (χ4n) is 3.46. The third kappa shape index (κ3) is 3.00. The van der Waals surface area contributed by atoms with Crippen molar-refractivity contribution >= 4 is 11.9 Å². The summed E-state index contributed by atoms with van der Waals surface area (Å²) in [6.07, 6.45) is 7.28. The number of ether oxygens (including phenoxy) is 2. The molecule has 24 heavy (non-hydrogen) atoms. The summed E-state index contributed by atoms with van der Waals surface area (Å²) in [6.45, 7) is 3.42. The van der Waals surface area contributed by atoms with Gasteiger partial charge >= 0.3 is 11.9 Å². The normalized spacial score (nSPS) is 31.9. The van der Waals surface area contributed by atoms with E-state index in [2.05, 4.69) is 6.92 Å². The molecule has 3 atom stereocenters. The lowest BCUT2D eigenvalue weighted by molar-refractivity contribution is -0.205. The molecule has 1 aliphatic carbocycles. The van der Waals surface area contributed by atoms with Gasteiger partial charge in [-0.25, -0.2) is 9.59 Å². The second-order valence-corrected chi connectivity index (χ2v) is 6.64. The number of methoxy groups -OCH3 is 1. The van der Waals surface area contributed by atoms with Crippen molar-refractivity contribution in [2.45, 2.75) is 69.7 Å². The molecule has 2 aliphatic rings. The molecular weight excluding hydrogens is 312 g/mol. The van der Waals surface area contributed by atoms with Gasteiger partial charge in [0.15, 0.2) is 6.10 Å². The van der Waals surface area contributed by atoms with Crippen molar-refractivity contribution in [1.82, 2.24) is 0 Å². The first-order valence-electron chi connectivity index (χ1n) is 8.45. The van der Waals surface area contributed by atoms with Crippen molar-refractivity contribution in [3.63, 3.8) is 0 Å². The largest absolute Gasteiger partial charge is 0.467 e. The lowest BCUT2D eigenvalue weighted by Gasteiger charge is -2.46.